The van der Waals surface area contributed by atoms with Gasteiger partial charge in [-0.2, -0.15) is 0 Å². The summed E-state index contributed by atoms with van der Waals surface area (Å²) in [7, 11) is -4.18. The summed E-state index contributed by atoms with van der Waals surface area (Å²) in [5, 5.41) is 0. The van der Waals surface area contributed by atoms with Crippen LogP contribution in [0.1, 0.15) is 24.8 Å². The summed E-state index contributed by atoms with van der Waals surface area (Å²) >= 11 is 0. The second-order valence-corrected chi connectivity index (χ2v) is 9.63. The smallest absolute Gasteiger partial charge is 0.241 e. The average Bonchev–Trinajstić information content (AvgIpc) is 2.76. The summed E-state index contributed by atoms with van der Waals surface area (Å²) < 4.78 is 74.7. The van der Waals surface area contributed by atoms with E-state index in [1.807, 2.05) is 0 Å². The highest BCUT2D eigenvalue weighted by atomic mass is 32.2. The van der Waals surface area contributed by atoms with Crippen molar-refractivity contribution < 1.29 is 31.1 Å². The van der Waals surface area contributed by atoms with E-state index in [0.717, 1.165) is 0 Å². The fourth-order valence-corrected chi connectivity index (χ4v) is 5.24. The molecule has 1 fully saturated rings. The number of para-hydroxylation sites is 1. The Morgan fingerprint density at radius 2 is 1.88 bits per heavy atom. The van der Waals surface area contributed by atoms with Crippen molar-refractivity contribution >= 4 is 15.9 Å². The van der Waals surface area contributed by atoms with Crippen molar-refractivity contribution in [3.63, 3.8) is 0 Å². The Labute approximate surface area is 184 Å². The van der Waals surface area contributed by atoms with Gasteiger partial charge in [0.25, 0.3) is 0 Å². The summed E-state index contributed by atoms with van der Waals surface area (Å²) in [5.41, 5.74) is 0.618. The van der Waals surface area contributed by atoms with Crippen molar-refractivity contribution in [3.8, 4) is 16.9 Å². The summed E-state index contributed by atoms with van der Waals surface area (Å²) in [6, 6.07) is 5.83. The minimum Gasteiger partial charge on any atom is -0.489 e. The van der Waals surface area contributed by atoms with Gasteiger partial charge in [0, 0.05) is 23.7 Å². The number of benzene rings is 2. The van der Waals surface area contributed by atoms with E-state index in [1.165, 1.54) is 23.1 Å². The number of carbonyl (C=O) groups is 1. The molecule has 0 radical (unpaired) electrons. The normalized spacial score (nSPS) is 21.6. The lowest BCUT2D eigenvalue weighted by molar-refractivity contribution is -0.136. The number of piperidine rings is 1. The van der Waals surface area contributed by atoms with Gasteiger partial charge in [0.15, 0.2) is 11.6 Å². The molecule has 1 N–H and O–H groups in total. The Morgan fingerprint density at radius 1 is 1.12 bits per heavy atom. The van der Waals surface area contributed by atoms with Crippen LogP contribution in [0.15, 0.2) is 36.4 Å². The average molecular weight is 468 g/mol. The Hall–Kier alpha value is -2.59. The molecule has 4 rings (SSSR count). The van der Waals surface area contributed by atoms with Gasteiger partial charge < -0.3 is 9.64 Å². The number of nitrogens with one attached hydrogen (secondary N) is 1. The van der Waals surface area contributed by atoms with Gasteiger partial charge in [-0.25, -0.2) is 26.3 Å². The van der Waals surface area contributed by atoms with Crippen LogP contribution < -0.4 is 9.46 Å². The van der Waals surface area contributed by atoms with Crippen molar-refractivity contribution in [2.24, 2.45) is 0 Å². The lowest BCUT2D eigenvalue weighted by Crippen LogP contribution is -2.58. The van der Waals surface area contributed by atoms with Gasteiger partial charge in [0.1, 0.15) is 5.82 Å². The van der Waals surface area contributed by atoms with E-state index >= 15 is 4.39 Å². The molecule has 2 heterocycles. The summed E-state index contributed by atoms with van der Waals surface area (Å²) in [4.78, 5) is 14.5. The number of halogens is 3. The largest absolute Gasteiger partial charge is 0.489 e. The third-order valence-electron chi connectivity index (χ3n) is 5.90. The van der Waals surface area contributed by atoms with E-state index in [9.17, 15) is 22.0 Å². The standard InChI is InChI=1S/C22H23F3N2O4S/c23-13-32(29,30)26-18-8-3-10-27-19(18)12-14-4-1-5-15(21(14)25)16-6-2-7-17(24)22(16)31-11-9-20(27)28/h1-2,4-7,18-19,26H,3,8-13H2/t18-,19-/m0/s1. The number of sulfonamides is 1. The number of nitrogens with zero attached hydrogens (tertiary/aromatic N) is 1. The fourth-order valence-electron chi connectivity index (χ4n) is 4.44. The minimum atomic E-state index is -4.18. The SMILES string of the molecule is O=C1CCOc2c(F)cccc2-c2cccc(c2F)C[C@H]2[C@@H](NS(=O)(=O)CF)CCCN12. The van der Waals surface area contributed by atoms with Gasteiger partial charge in [0.05, 0.1) is 19.1 Å². The topological polar surface area (TPSA) is 75.7 Å². The van der Waals surface area contributed by atoms with Crippen LogP contribution in [0.5, 0.6) is 5.75 Å². The summed E-state index contributed by atoms with van der Waals surface area (Å²) in [6.07, 6.45) is 0.849. The maximum Gasteiger partial charge on any atom is 0.241 e. The molecule has 2 aliphatic heterocycles. The van der Waals surface area contributed by atoms with Crippen LogP contribution in [0.3, 0.4) is 0 Å². The zero-order chi connectivity index (χ0) is 22.9. The lowest BCUT2D eigenvalue weighted by atomic mass is 9.89. The second-order valence-electron chi connectivity index (χ2n) is 7.94. The molecular formula is C22H23F3N2O4S. The van der Waals surface area contributed by atoms with Crippen LogP contribution in [-0.4, -0.2) is 50.5 Å². The van der Waals surface area contributed by atoms with E-state index in [-0.39, 0.29) is 47.8 Å². The van der Waals surface area contributed by atoms with Gasteiger partial charge in [0.2, 0.25) is 21.9 Å². The van der Waals surface area contributed by atoms with Gasteiger partial charge in [-0.3, -0.25) is 4.79 Å². The highest BCUT2D eigenvalue weighted by molar-refractivity contribution is 7.89. The molecule has 1 saturated heterocycles. The number of alkyl halides is 1. The van der Waals surface area contributed by atoms with Crippen LogP contribution in [0.4, 0.5) is 13.2 Å². The fraction of sp³-hybridized carbons (Fsp3) is 0.409. The third kappa shape index (κ3) is 4.47. The minimum absolute atomic E-state index is 0.0242. The molecule has 2 bridgehead atoms. The highest BCUT2D eigenvalue weighted by Crippen LogP contribution is 2.36. The second kappa shape index (κ2) is 9.11. The number of amides is 1. The Bertz CT molecular complexity index is 1130. The predicted molar refractivity (Wildman–Crippen MR) is 112 cm³/mol. The quantitative estimate of drug-likeness (QED) is 0.751. The molecule has 32 heavy (non-hydrogen) atoms. The van der Waals surface area contributed by atoms with Crippen molar-refractivity contribution in [3.05, 3.63) is 53.6 Å². The van der Waals surface area contributed by atoms with E-state index in [1.54, 1.807) is 18.2 Å². The third-order valence-corrected chi connectivity index (χ3v) is 6.85. The maximum atomic E-state index is 15.6. The molecule has 0 saturated carbocycles. The first-order valence-electron chi connectivity index (χ1n) is 10.3. The van der Waals surface area contributed by atoms with Gasteiger partial charge in [-0.15, -0.1) is 0 Å². The van der Waals surface area contributed by atoms with Crippen LogP contribution in [0.25, 0.3) is 11.1 Å². The lowest BCUT2D eigenvalue weighted by Gasteiger charge is -2.42. The Kier molecular flexibility index (Phi) is 6.43. The predicted octanol–water partition coefficient (Wildman–Crippen LogP) is 3.16. The van der Waals surface area contributed by atoms with Crippen molar-refractivity contribution in [1.82, 2.24) is 9.62 Å². The van der Waals surface area contributed by atoms with Crippen LogP contribution in [0, 0.1) is 11.6 Å². The first kappa shape index (κ1) is 22.6. The van der Waals surface area contributed by atoms with Gasteiger partial charge in [-0.1, -0.05) is 30.3 Å². The number of ether oxygens (including phenoxy) is 1. The summed E-state index contributed by atoms with van der Waals surface area (Å²) in [5.74, 6) is -1.71. The molecule has 0 aromatic heterocycles. The molecule has 2 aromatic rings. The van der Waals surface area contributed by atoms with Crippen molar-refractivity contribution in [2.75, 3.05) is 19.2 Å². The summed E-state index contributed by atoms with van der Waals surface area (Å²) in [6.45, 7) is 0.224. The molecule has 0 aliphatic carbocycles. The molecule has 0 unspecified atom stereocenters. The number of hydrogen-bond acceptors (Lipinski definition) is 4. The molecule has 0 spiro atoms. The molecule has 2 aliphatic rings. The Morgan fingerprint density at radius 3 is 2.66 bits per heavy atom. The Balaban J connectivity index is 1.81. The number of hydrogen-bond donors (Lipinski definition) is 1. The number of rotatable bonds is 3. The van der Waals surface area contributed by atoms with E-state index in [0.29, 0.717) is 19.4 Å². The van der Waals surface area contributed by atoms with E-state index in [4.69, 9.17) is 4.74 Å². The van der Waals surface area contributed by atoms with Gasteiger partial charge in [-0.05, 0) is 30.9 Å². The van der Waals surface area contributed by atoms with Crippen LogP contribution >= 0.6 is 0 Å². The molecule has 6 nitrogen and oxygen atoms in total. The maximum absolute atomic E-state index is 15.6. The number of fused-ring (bicyclic) bond motifs is 5. The van der Waals surface area contributed by atoms with E-state index < -0.39 is 39.7 Å². The number of carbonyl (C=O) groups excluding carboxylic acids is 1. The molecule has 2 atom stereocenters. The molecule has 2 aromatic carbocycles. The van der Waals surface area contributed by atoms with E-state index in [2.05, 4.69) is 4.72 Å². The van der Waals surface area contributed by atoms with Crippen LogP contribution in [0.2, 0.25) is 0 Å². The van der Waals surface area contributed by atoms with Crippen molar-refractivity contribution in [2.45, 2.75) is 37.8 Å². The first-order chi connectivity index (χ1) is 15.3. The monoisotopic (exact) mass is 468 g/mol. The highest BCUT2D eigenvalue weighted by Gasteiger charge is 2.37. The van der Waals surface area contributed by atoms with Crippen molar-refractivity contribution in [1.29, 1.82) is 0 Å². The molecule has 10 heteroatoms. The zero-order valence-electron chi connectivity index (χ0n) is 17.2. The first-order valence-corrected chi connectivity index (χ1v) is 12.0. The molecule has 172 valence electrons. The van der Waals surface area contributed by atoms with Crippen LogP contribution in [-0.2, 0) is 21.2 Å². The molecule has 1 amide bonds. The van der Waals surface area contributed by atoms with Gasteiger partial charge >= 0.3 is 0 Å². The molecular weight excluding hydrogens is 445 g/mol. The zero-order valence-corrected chi connectivity index (χ0v) is 18.0.